The second-order valence-corrected chi connectivity index (χ2v) is 5.57. The first-order valence-electron chi connectivity index (χ1n) is 5.55. The predicted octanol–water partition coefficient (Wildman–Crippen LogP) is -1.12. The van der Waals surface area contributed by atoms with Crippen molar-refractivity contribution in [2.75, 3.05) is 17.2 Å². The highest BCUT2D eigenvalue weighted by Crippen LogP contribution is 2.17. The molecule has 20 heavy (non-hydrogen) atoms. The monoisotopic (exact) mass is 297 g/mol. The highest BCUT2D eigenvalue weighted by molar-refractivity contribution is 7.85. The molecular formula is C10H13N6O3S+. The highest BCUT2D eigenvalue weighted by atomic mass is 32.2. The molecule has 106 valence electrons. The summed E-state index contributed by atoms with van der Waals surface area (Å²) in [5.41, 5.74) is 12.2. The molecule has 2 aromatic rings. The van der Waals surface area contributed by atoms with Crippen molar-refractivity contribution < 1.29 is 17.7 Å². The summed E-state index contributed by atoms with van der Waals surface area (Å²) in [6.45, 7) is 0.0488. The van der Waals surface area contributed by atoms with Gasteiger partial charge in [0.25, 0.3) is 10.1 Å². The molecular weight excluding hydrogens is 284 g/mol. The second kappa shape index (κ2) is 5.35. The largest absolute Gasteiger partial charge is 0.384 e. The molecule has 0 saturated heterocycles. The molecule has 0 bridgehead atoms. The standard InChI is InChI=1S/C10H12N6O3S/c11-9-5-8(14-10(12)15-9)7-1-2-16(13-6-7)3-4-20(17,18)19/h1-2,5-6H,3-4H2,(H4-,11,12,14,15,17,18,19)/p+1. The van der Waals surface area contributed by atoms with Crippen LogP contribution < -0.4 is 16.1 Å². The van der Waals surface area contributed by atoms with Gasteiger partial charge in [-0.3, -0.25) is 4.55 Å². The van der Waals surface area contributed by atoms with Gasteiger partial charge in [0.05, 0.1) is 5.69 Å². The molecule has 2 rings (SSSR count). The molecule has 0 aromatic carbocycles. The lowest BCUT2D eigenvalue weighted by Gasteiger charge is -2.01. The molecule has 0 atom stereocenters. The van der Waals surface area contributed by atoms with Crippen molar-refractivity contribution in [3.63, 3.8) is 0 Å². The minimum absolute atomic E-state index is 0.0488. The summed E-state index contributed by atoms with van der Waals surface area (Å²) in [4.78, 5) is 7.78. The van der Waals surface area contributed by atoms with Crippen LogP contribution in [-0.4, -0.2) is 33.8 Å². The average Bonchev–Trinajstić information content (AvgIpc) is 2.35. The third-order valence-electron chi connectivity index (χ3n) is 2.41. The van der Waals surface area contributed by atoms with Crippen molar-refractivity contribution >= 4 is 21.9 Å². The van der Waals surface area contributed by atoms with Crippen LogP contribution in [0, 0.1) is 0 Å². The summed E-state index contributed by atoms with van der Waals surface area (Å²) < 4.78 is 31.3. The van der Waals surface area contributed by atoms with Crippen molar-refractivity contribution in [3.8, 4) is 11.3 Å². The van der Waals surface area contributed by atoms with E-state index >= 15 is 0 Å². The van der Waals surface area contributed by atoms with E-state index in [2.05, 4.69) is 15.1 Å². The summed E-state index contributed by atoms with van der Waals surface area (Å²) >= 11 is 0. The highest BCUT2D eigenvalue weighted by Gasteiger charge is 2.12. The number of nitrogens with zero attached hydrogens (tertiary/aromatic N) is 4. The Labute approximate surface area is 115 Å². The molecule has 0 unspecified atom stereocenters. The van der Waals surface area contributed by atoms with Gasteiger partial charge in [0.15, 0.2) is 12.7 Å². The lowest BCUT2D eigenvalue weighted by atomic mass is 10.2. The SMILES string of the molecule is Nc1cc(-c2cc[n+](CCS(=O)(=O)O)nc2)nc(N)n1. The van der Waals surface area contributed by atoms with Gasteiger partial charge in [-0.05, 0) is 5.10 Å². The van der Waals surface area contributed by atoms with Crippen molar-refractivity contribution in [2.24, 2.45) is 0 Å². The number of rotatable bonds is 4. The Morgan fingerprint density at radius 1 is 1.30 bits per heavy atom. The van der Waals surface area contributed by atoms with E-state index in [4.69, 9.17) is 16.0 Å². The topological polar surface area (TPSA) is 149 Å². The van der Waals surface area contributed by atoms with E-state index in [1.54, 1.807) is 18.3 Å². The van der Waals surface area contributed by atoms with Crippen molar-refractivity contribution in [2.45, 2.75) is 6.54 Å². The van der Waals surface area contributed by atoms with Crippen LogP contribution >= 0.6 is 0 Å². The number of aryl methyl sites for hydroxylation is 1. The predicted molar refractivity (Wildman–Crippen MR) is 70.7 cm³/mol. The number of aromatic nitrogens is 4. The molecule has 0 aliphatic heterocycles. The number of nitrogens with two attached hydrogens (primary N) is 2. The zero-order valence-electron chi connectivity index (χ0n) is 10.3. The maximum absolute atomic E-state index is 10.6. The third kappa shape index (κ3) is 3.83. The molecule has 5 N–H and O–H groups in total. The fourth-order valence-corrected chi connectivity index (χ4v) is 1.93. The van der Waals surface area contributed by atoms with E-state index in [1.165, 1.54) is 10.9 Å². The van der Waals surface area contributed by atoms with Gasteiger partial charge in [-0.2, -0.15) is 13.4 Å². The second-order valence-electron chi connectivity index (χ2n) is 4.00. The van der Waals surface area contributed by atoms with Gasteiger partial charge in [-0.25, -0.2) is 4.98 Å². The van der Waals surface area contributed by atoms with Crippen LogP contribution in [-0.2, 0) is 16.7 Å². The summed E-state index contributed by atoms with van der Waals surface area (Å²) in [5.74, 6) is -0.101. The van der Waals surface area contributed by atoms with Crippen molar-refractivity contribution in [3.05, 3.63) is 24.5 Å². The molecule has 9 nitrogen and oxygen atoms in total. The Kier molecular flexibility index (Phi) is 3.77. The molecule has 0 fully saturated rings. The van der Waals surface area contributed by atoms with Crippen LogP contribution in [0.2, 0.25) is 0 Å². The molecule has 0 aliphatic rings. The Morgan fingerprint density at radius 3 is 2.60 bits per heavy atom. The number of anilines is 2. The van der Waals surface area contributed by atoms with E-state index < -0.39 is 15.9 Å². The number of hydrogen-bond donors (Lipinski definition) is 3. The zero-order valence-corrected chi connectivity index (χ0v) is 11.2. The molecule has 2 heterocycles. The molecule has 0 amide bonds. The molecule has 2 aromatic heterocycles. The van der Waals surface area contributed by atoms with Crippen LogP contribution in [0.3, 0.4) is 0 Å². The van der Waals surface area contributed by atoms with Crippen molar-refractivity contribution in [1.29, 1.82) is 0 Å². The first-order chi connectivity index (χ1) is 9.33. The summed E-state index contributed by atoms with van der Waals surface area (Å²) in [6.07, 6.45) is 3.06. The first-order valence-corrected chi connectivity index (χ1v) is 7.16. The zero-order chi connectivity index (χ0) is 14.8. The van der Waals surface area contributed by atoms with E-state index in [9.17, 15) is 8.42 Å². The molecule has 0 spiro atoms. The summed E-state index contributed by atoms with van der Waals surface area (Å²) in [6, 6.07) is 3.23. The van der Waals surface area contributed by atoms with Crippen LogP contribution in [0.1, 0.15) is 0 Å². The van der Waals surface area contributed by atoms with E-state index in [-0.39, 0.29) is 18.3 Å². The van der Waals surface area contributed by atoms with Gasteiger partial charge in [0.1, 0.15) is 17.8 Å². The molecule has 0 radical (unpaired) electrons. The van der Waals surface area contributed by atoms with Gasteiger partial charge in [0.2, 0.25) is 5.95 Å². The lowest BCUT2D eigenvalue weighted by Crippen LogP contribution is -2.40. The van der Waals surface area contributed by atoms with Crippen LogP contribution in [0.15, 0.2) is 24.5 Å². The smallest absolute Gasteiger partial charge is 0.271 e. The van der Waals surface area contributed by atoms with Crippen molar-refractivity contribution in [1.82, 2.24) is 15.1 Å². The van der Waals surface area contributed by atoms with Gasteiger partial charge in [-0.1, -0.05) is 4.68 Å². The Bertz CT molecular complexity index is 696. The van der Waals surface area contributed by atoms with Crippen LogP contribution in [0.25, 0.3) is 11.3 Å². The van der Waals surface area contributed by atoms with Crippen LogP contribution in [0.5, 0.6) is 0 Å². The van der Waals surface area contributed by atoms with Crippen LogP contribution in [0.4, 0.5) is 11.8 Å². The van der Waals surface area contributed by atoms with Gasteiger partial charge in [0, 0.05) is 17.7 Å². The fourth-order valence-electron chi connectivity index (χ4n) is 1.51. The fraction of sp³-hybridized carbons (Fsp3) is 0.200. The number of nitrogen functional groups attached to an aromatic ring is 2. The Hall–Kier alpha value is -2.33. The Balaban J connectivity index is 2.19. The van der Waals surface area contributed by atoms with E-state index in [0.717, 1.165) is 0 Å². The quantitative estimate of drug-likeness (QED) is 0.474. The summed E-state index contributed by atoms with van der Waals surface area (Å²) in [7, 11) is -4.01. The van der Waals surface area contributed by atoms with Gasteiger partial charge < -0.3 is 11.5 Å². The maximum Gasteiger partial charge on any atom is 0.271 e. The minimum Gasteiger partial charge on any atom is -0.384 e. The van der Waals surface area contributed by atoms with Gasteiger partial charge >= 0.3 is 0 Å². The Morgan fingerprint density at radius 2 is 2.05 bits per heavy atom. The van der Waals surface area contributed by atoms with Gasteiger partial charge in [-0.15, -0.1) is 0 Å². The first kappa shape index (κ1) is 14.1. The lowest BCUT2D eigenvalue weighted by molar-refractivity contribution is -0.750. The average molecular weight is 297 g/mol. The van der Waals surface area contributed by atoms with E-state index in [1.807, 2.05) is 0 Å². The molecule has 10 heteroatoms. The maximum atomic E-state index is 10.6. The third-order valence-corrected chi connectivity index (χ3v) is 3.11. The minimum atomic E-state index is -4.01. The molecule has 0 aliphatic carbocycles. The van der Waals surface area contributed by atoms with E-state index in [0.29, 0.717) is 11.3 Å². The number of hydrogen-bond acceptors (Lipinski definition) is 7. The summed E-state index contributed by atoms with van der Waals surface area (Å²) in [5, 5.41) is 4.02. The molecule has 0 saturated carbocycles. The normalized spacial score (nSPS) is 11.4.